The third-order valence-electron chi connectivity index (χ3n) is 3.77. The van der Waals surface area contributed by atoms with Gasteiger partial charge in [-0.25, -0.2) is 0 Å². The second-order valence-corrected chi connectivity index (χ2v) is 7.58. The van der Waals surface area contributed by atoms with Gasteiger partial charge in [-0.1, -0.05) is 0 Å². The molecule has 0 amide bonds. The summed E-state index contributed by atoms with van der Waals surface area (Å²) < 4.78 is 5.75. The third kappa shape index (κ3) is 7.66. The largest absolute Gasteiger partial charge is 0.381 e. The van der Waals surface area contributed by atoms with Crippen LogP contribution in [-0.2, 0) is 4.74 Å². The smallest absolute Gasteiger partial charge is 0.191 e. The average molecular weight is 334 g/mol. The van der Waals surface area contributed by atoms with E-state index in [9.17, 15) is 0 Å². The summed E-state index contributed by atoms with van der Waals surface area (Å²) in [7, 11) is 0. The van der Waals surface area contributed by atoms with E-state index < -0.39 is 0 Å². The number of hydrogen-bond acceptors (Lipinski definition) is 4. The molecule has 0 atom stereocenters. The minimum atomic E-state index is 0.263. The molecule has 1 rings (SSSR count). The van der Waals surface area contributed by atoms with Gasteiger partial charge in [-0.3, -0.25) is 4.99 Å². The van der Waals surface area contributed by atoms with Crippen LogP contribution in [0.1, 0.15) is 32.6 Å². The molecule has 4 nitrogen and oxygen atoms in total. The molecule has 21 heavy (non-hydrogen) atoms. The first-order valence-electron chi connectivity index (χ1n) is 7.90. The van der Waals surface area contributed by atoms with Crippen molar-refractivity contribution in [3.63, 3.8) is 0 Å². The molecule has 0 saturated carbocycles. The van der Waals surface area contributed by atoms with Gasteiger partial charge in [-0.05, 0) is 50.9 Å². The van der Waals surface area contributed by atoms with Crippen molar-refractivity contribution in [1.82, 2.24) is 10.6 Å². The van der Waals surface area contributed by atoms with E-state index >= 15 is 0 Å². The zero-order valence-corrected chi connectivity index (χ0v) is 15.4. The highest BCUT2D eigenvalue weighted by molar-refractivity contribution is 8.00. The second kappa shape index (κ2) is 11.5. The monoisotopic (exact) mass is 333 g/mol. The van der Waals surface area contributed by atoms with E-state index in [0.29, 0.717) is 0 Å². The molecule has 2 N–H and O–H groups in total. The number of thioether (sulfide) groups is 2. The van der Waals surface area contributed by atoms with Crippen molar-refractivity contribution in [2.45, 2.75) is 37.4 Å². The van der Waals surface area contributed by atoms with Crippen LogP contribution in [-0.4, -0.2) is 61.8 Å². The number of nitrogens with zero attached hydrogens (tertiary/aromatic N) is 1. The minimum absolute atomic E-state index is 0.263. The van der Waals surface area contributed by atoms with Crippen molar-refractivity contribution >= 4 is 29.5 Å². The van der Waals surface area contributed by atoms with Crippen LogP contribution in [0.2, 0.25) is 0 Å². The Balaban J connectivity index is 2.41. The Morgan fingerprint density at radius 3 is 2.57 bits per heavy atom. The van der Waals surface area contributed by atoms with Crippen LogP contribution >= 0.6 is 23.5 Å². The number of unbranched alkanes of at least 4 members (excludes halogenated alkanes) is 1. The summed E-state index contributed by atoms with van der Waals surface area (Å²) in [6.07, 6.45) is 9.03. The lowest BCUT2D eigenvalue weighted by Crippen LogP contribution is -2.41. The molecule has 0 radical (unpaired) electrons. The van der Waals surface area contributed by atoms with Crippen molar-refractivity contribution in [1.29, 1.82) is 0 Å². The van der Waals surface area contributed by atoms with E-state index in [0.717, 1.165) is 51.6 Å². The van der Waals surface area contributed by atoms with Crippen LogP contribution in [0.3, 0.4) is 0 Å². The molecule has 124 valence electrons. The molecular formula is C15H31N3OS2. The fourth-order valence-electron chi connectivity index (χ4n) is 2.31. The molecule has 0 aromatic carbocycles. The predicted molar refractivity (Wildman–Crippen MR) is 97.9 cm³/mol. The maximum Gasteiger partial charge on any atom is 0.191 e. The number of ether oxygens (including phenoxy) is 1. The molecule has 0 unspecified atom stereocenters. The van der Waals surface area contributed by atoms with Crippen LogP contribution in [0.4, 0.5) is 0 Å². The Morgan fingerprint density at radius 2 is 1.95 bits per heavy atom. The van der Waals surface area contributed by atoms with Crippen LogP contribution in [0.15, 0.2) is 4.99 Å². The topological polar surface area (TPSA) is 45.7 Å². The normalized spacial score (nSPS) is 18.5. The molecule has 0 aliphatic carbocycles. The van der Waals surface area contributed by atoms with Gasteiger partial charge in [0.05, 0.1) is 6.54 Å². The highest BCUT2D eigenvalue weighted by atomic mass is 32.2. The lowest BCUT2D eigenvalue weighted by molar-refractivity contribution is 0.0794. The molecule has 6 heteroatoms. The van der Waals surface area contributed by atoms with Crippen molar-refractivity contribution in [3.05, 3.63) is 0 Å². The van der Waals surface area contributed by atoms with Gasteiger partial charge in [0, 0.05) is 31.1 Å². The van der Waals surface area contributed by atoms with E-state index in [2.05, 4.69) is 30.1 Å². The molecule has 1 fully saturated rings. The molecule has 1 aliphatic rings. The first-order valence-corrected chi connectivity index (χ1v) is 10.5. The zero-order valence-electron chi connectivity index (χ0n) is 13.7. The summed E-state index contributed by atoms with van der Waals surface area (Å²) in [5, 5.41) is 6.80. The van der Waals surface area contributed by atoms with Gasteiger partial charge in [-0.15, -0.1) is 0 Å². The molecular weight excluding hydrogens is 302 g/mol. The van der Waals surface area contributed by atoms with Crippen LogP contribution in [0, 0.1) is 0 Å². The molecule has 0 bridgehead atoms. The Labute approximate surface area is 138 Å². The van der Waals surface area contributed by atoms with E-state index in [1.807, 2.05) is 23.5 Å². The van der Waals surface area contributed by atoms with Crippen LogP contribution in [0.25, 0.3) is 0 Å². The van der Waals surface area contributed by atoms with E-state index in [-0.39, 0.29) is 4.75 Å². The van der Waals surface area contributed by atoms with Gasteiger partial charge < -0.3 is 15.4 Å². The van der Waals surface area contributed by atoms with E-state index in [1.54, 1.807) is 0 Å². The third-order valence-corrected chi connectivity index (χ3v) is 5.87. The Kier molecular flexibility index (Phi) is 10.4. The lowest BCUT2D eigenvalue weighted by atomic mass is 9.99. The summed E-state index contributed by atoms with van der Waals surface area (Å²) in [6, 6.07) is 0. The maximum atomic E-state index is 5.49. The first-order chi connectivity index (χ1) is 10.3. The summed E-state index contributed by atoms with van der Waals surface area (Å²) >= 11 is 3.86. The fraction of sp³-hybridized carbons (Fsp3) is 0.933. The number of hydrogen-bond donors (Lipinski definition) is 2. The Hall–Kier alpha value is -0.0700. The van der Waals surface area contributed by atoms with E-state index in [4.69, 9.17) is 9.73 Å². The van der Waals surface area contributed by atoms with Gasteiger partial charge in [0.1, 0.15) is 0 Å². The number of nitrogens with one attached hydrogen (secondary N) is 2. The van der Waals surface area contributed by atoms with Gasteiger partial charge in [0.2, 0.25) is 0 Å². The standard InChI is InChI=1S/C15H31N3OS2/c1-4-16-14(17-9-5-6-12-20-2)18-13-15(21-3)7-10-19-11-8-15/h4-13H2,1-3H3,(H2,16,17,18). The summed E-state index contributed by atoms with van der Waals surface area (Å²) in [5.74, 6) is 2.20. The fourth-order valence-corrected chi connectivity index (χ4v) is 3.57. The van der Waals surface area contributed by atoms with Crippen molar-refractivity contribution in [3.8, 4) is 0 Å². The SMILES string of the molecule is CCNC(=NCC1(SC)CCOCC1)NCCCCSC. The number of rotatable bonds is 9. The zero-order chi connectivity index (χ0) is 15.4. The molecule has 0 aromatic rings. The van der Waals surface area contributed by atoms with Gasteiger partial charge in [0.25, 0.3) is 0 Å². The van der Waals surface area contributed by atoms with E-state index in [1.165, 1.54) is 18.6 Å². The second-order valence-electron chi connectivity index (χ2n) is 5.32. The van der Waals surface area contributed by atoms with Crippen LogP contribution < -0.4 is 10.6 Å². The predicted octanol–water partition coefficient (Wildman–Crippen LogP) is 2.60. The highest BCUT2D eigenvalue weighted by Gasteiger charge is 2.31. The first kappa shape index (κ1) is 19.0. The van der Waals surface area contributed by atoms with Crippen molar-refractivity contribution in [2.24, 2.45) is 4.99 Å². The molecule has 0 aromatic heterocycles. The molecule has 1 aliphatic heterocycles. The van der Waals surface area contributed by atoms with Crippen molar-refractivity contribution in [2.75, 3.05) is 51.1 Å². The van der Waals surface area contributed by atoms with Crippen LogP contribution in [0.5, 0.6) is 0 Å². The molecule has 1 saturated heterocycles. The summed E-state index contributed by atoms with van der Waals surface area (Å²) in [4.78, 5) is 4.81. The molecule has 1 heterocycles. The molecule has 0 spiro atoms. The summed E-state index contributed by atoms with van der Waals surface area (Å²) in [6.45, 7) is 6.64. The quantitative estimate of drug-likeness (QED) is 0.386. The Bertz CT molecular complexity index is 295. The summed E-state index contributed by atoms with van der Waals surface area (Å²) in [5.41, 5.74) is 0. The minimum Gasteiger partial charge on any atom is -0.381 e. The number of aliphatic imine (C=N–C) groups is 1. The average Bonchev–Trinajstić information content (AvgIpc) is 2.53. The maximum absolute atomic E-state index is 5.49. The van der Waals surface area contributed by atoms with Gasteiger partial charge in [-0.2, -0.15) is 23.5 Å². The van der Waals surface area contributed by atoms with Gasteiger partial charge in [0.15, 0.2) is 5.96 Å². The highest BCUT2D eigenvalue weighted by Crippen LogP contribution is 2.33. The Morgan fingerprint density at radius 1 is 1.19 bits per heavy atom. The lowest BCUT2D eigenvalue weighted by Gasteiger charge is -2.34. The van der Waals surface area contributed by atoms with Crippen molar-refractivity contribution < 1.29 is 4.74 Å². The van der Waals surface area contributed by atoms with Gasteiger partial charge >= 0.3 is 0 Å². The number of guanidine groups is 1.